The van der Waals surface area contributed by atoms with Crippen molar-refractivity contribution in [3.8, 4) is 5.75 Å². The van der Waals surface area contributed by atoms with Gasteiger partial charge in [0, 0.05) is 26.2 Å². The van der Waals surface area contributed by atoms with Gasteiger partial charge in [-0.25, -0.2) is 4.79 Å². The molecule has 6 heteroatoms. The van der Waals surface area contributed by atoms with Crippen LogP contribution in [-0.4, -0.2) is 39.2 Å². The van der Waals surface area contributed by atoms with E-state index >= 15 is 0 Å². The van der Waals surface area contributed by atoms with Crippen LogP contribution in [0, 0.1) is 11.8 Å². The first kappa shape index (κ1) is 17.3. The highest BCUT2D eigenvalue weighted by Crippen LogP contribution is 2.51. The van der Waals surface area contributed by atoms with E-state index in [2.05, 4.69) is 16.0 Å². The molecule has 5 rings (SSSR count). The number of nitrogens with one attached hydrogen (secondary N) is 1. The topological polar surface area (TPSA) is 78.3 Å². The van der Waals surface area contributed by atoms with Gasteiger partial charge in [-0.1, -0.05) is 24.3 Å². The van der Waals surface area contributed by atoms with Crippen LogP contribution in [0.5, 0.6) is 5.75 Å². The van der Waals surface area contributed by atoms with Gasteiger partial charge in [-0.15, -0.1) is 0 Å². The molecule has 3 unspecified atom stereocenters. The third-order valence-electron chi connectivity index (χ3n) is 6.47. The summed E-state index contributed by atoms with van der Waals surface area (Å²) in [5.41, 5.74) is 1.23. The number of aromatic nitrogens is 2. The second-order valence-electron chi connectivity index (χ2n) is 8.05. The summed E-state index contributed by atoms with van der Waals surface area (Å²) in [4.78, 5) is 30.2. The minimum atomic E-state index is -0.344. The number of fused-ring (bicyclic) bond motifs is 2. The van der Waals surface area contributed by atoms with Gasteiger partial charge in [0.25, 0.3) is 5.56 Å². The van der Waals surface area contributed by atoms with Crippen molar-refractivity contribution in [3.05, 3.63) is 74.9 Å². The average molecular weight is 377 g/mol. The van der Waals surface area contributed by atoms with Gasteiger partial charge in [0.1, 0.15) is 5.75 Å². The number of H-pyrrole nitrogens is 1. The predicted octanol–water partition coefficient (Wildman–Crippen LogP) is 2.13. The van der Waals surface area contributed by atoms with Crippen LogP contribution < -0.4 is 11.2 Å². The molecule has 1 aliphatic carbocycles. The van der Waals surface area contributed by atoms with Crippen molar-refractivity contribution >= 4 is 10.9 Å². The summed E-state index contributed by atoms with van der Waals surface area (Å²) in [6, 6.07) is 14.7. The fraction of sp³-hybridized carbons (Fsp3) is 0.364. The molecule has 2 heterocycles. The van der Waals surface area contributed by atoms with E-state index in [1.54, 1.807) is 18.2 Å². The zero-order valence-electron chi connectivity index (χ0n) is 15.5. The van der Waals surface area contributed by atoms with Crippen LogP contribution in [0.25, 0.3) is 10.9 Å². The molecular formula is C22H23N3O3. The molecule has 144 valence electrons. The van der Waals surface area contributed by atoms with Gasteiger partial charge in [-0.05, 0) is 54.0 Å². The Morgan fingerprint density at radius 3 is 2.75 bits per heavy atom. The standard InChI is InChI=1S/C22H23N3O3/c26-16-5-3-4-14(10-16)18-11-15-12-24(13-19(15)18)8-9-25-21(27)17-6-1-2-7-20(17)23-22(25)28/h1-7,10,15,18-19,26H,8-9,11-13H2,(H,23,28). The van der Waals surface area contributed by atoms with Gasteiger partial charge in [0.15, 0.2) is 0 Å². The van der Waals surface area contributed by atoms with Crippen LogP contribution >= 0.6 is 0 Å². The average Bonchev–Trinajstić information content (AvgIpc) is 2.98. The second-order valence-corrected chi connectivity index (χ2v) is 8.05. The molecule has 1 aliphatic heterocycles. The largest absolute Gasteiger partial charge is 0.508 e. The molecule has 1 saturated heterocycles. The molecule has 2 N–H and O–H groups in total. The lowest BCUT2D eigenvalue weighted by Crippen LogP contribution is -2.38. The van der Waals surface area contributed by atoms with Gasteiger partial charge in [0.2, 0.25) is 0 Å². The molecule has 28 heavy (non-hydrogen) atoms. The van der Waals surface area contributed by atoms with Crippen molar-refractivity contribution in [2.24, 2.45) is 11.8 Å². The fourth-order valence-corrected chi connectivity index (χ4v) is 4.96. The number of aromatic hydroxyl groups is 1. The molecule has 3 aromatic rings. The first-order valence-electron chi connectivity index (χ1n) is 9.83. The number of nitrogens with zero attached hydrogens (tertiary/aromatic N) is 2. The molecule has 0 radical (unpaired) electrons. The lowest BCUT2D eigenvalue weighted by atomic mass is 9.64. The smallest absolute Gasteiger partial charge is 0.328 e. The maximum Gasteiger partial charge on any atom is 0.328 e. The Bertz CT molecular complexity index is 1150. The number of hydrogen-bond acceptors (Lipinski definition) is 4. The van der Waals surface area contributed by atoms with E-state index in [1.807, 2.05) is 24.3 Å². The van der Waals surface area contributed by atoms with E-state index in [0.717, 1.165) is 19.5 Å². The van der Waals surface area contributed by atoms with Crippen LogP contribution in [0.1, 0.15) is 17.9 Å². The van der Waals surface area contributed by atoms with Crippen molar-refractivity contribution in [1.82, 2.24) is 14.5 Å². The monoisotopic (exact) mass is 377 g/mol. The number of likely N-dealkylation sites (tertiary alicyclic amines) is 1. The third-order valence-corrected chi connectivity index (χ3v) is 6.47. The van der Waals surface area contributed by atoms with Crippen molar-refractivity contribution in [1.29, 1.82) is 0 Å². The molecule has 1 aromatic heterocycles. The summed E-state index contributed by atoms with van der Waals surface area (Å²) in [7, 11) is 0. The quantitative estimate of drug-likeness (QED) is 0.730. The molecule has 3 atom stereocenters. The summed E-state index contributed by atoms with van der Waals surface area (Å²) < 4.78 is 1.31. The van der Waals surface area contributed by atoms with Gasteiger partial charge < -0.3 is 15.0 Å². The second kappa shape index (κ2) is 6.63. The summed E-state index contributed by atoms with van der Waals surface area (Å²) >= 11 is 0. The summed E-state index contributed by atoms with van der Waals surface area (Å²) in [5, 5.41) is 10.3. The minimum absolute atomic E-state index is 0.223. The number of phenolic OH excluding ortho intramolecular Hbond substituents is 1. The van der Waals surface area contributed by atoms with Crippen LogP contribution in [0.4, 0.5) is 0 Å². The Kier molecular flexibility index (Phi) is 4.09. The Labute approximate surface area is 162 Å². The van der Waals surface area contributed by atoms with Crippen molar-refractivity contribution in [3.63, 3.8) is 0 Å². The normalized spacial score (nSPS) is 24.2. The number of rotatable bonds is 4. The molecule has 0 bridgehead atoms. The SMILES string of the molecule is O=c1[nH]c2ccccc2c(=O)n1CCN1CC2CC(c3cccc(O)c3)C2C1. The van der Waals surface area contributed by atoms with Gasteiger partial charge in [0.05, 0.1) is 10.9 Å². The van der Waals surface area contributed by atoms with Crippen molar-refractivity contribution in [2.45, 2.75) is 18.9 Å². The molecule has 1 saturated carbocycles. The van der Waals surface area contributed by atoms with Gasteiger partial charge in [-0.2, -0.15) is 0 Å². The number of para-hydroxylation sites is 1. The summed E-state index contributed by atoms with van der Waals surface area (Å²) in [6.45, 7) is 3.09. The molecule has 2 aliphatic rings. The molecular weight excluding hydrogens is 354 g/mol. The maximum atomic E-state index is 12.7. The maximum absolute atomic E-state index is 12.7. The zero-order valence-corrected chi connectivity index (χ0v) is 15.5. The van der Waals surface area contributed by atoms with Crippen LogP contribution in [0.15, 0.2) is 58.1 Å². The Morgan fingerprint density at radius 1 is 1.04 bits per heavy atom. The lowest BCUT2D eigenvalue weighted by Gasteiger charge is -2.40. The number of hydrogen-bond donors (Lipinski definition) is 2. The van der Waals surface area contributed by atoms with Crippen LogP contribution in [-0.2, 0) is 6.54 Å². The van der Waals surface area contributed by atoms with E-state index in [9.17, 15) is 14.7 Å². The van der Waals surface area contributed by atoms with Crippen LogP contribution in [0.2, 0.25) is 0 Å². The lowest BCUT2D eigenvalue weighted by molar-refractivity contribution is 0.190. The Balaban J connectivity index is 1.29. The minimum Gasteiger partial charge on any atom is -0.508 e. The van der Waals surface area contributed by atoms with Gasteiger partial charge in [-0.3, -0.25) is 9.36 Å². The highest BCUT2D eigenvalue weighted by Gasteiger charge is 2.47. The number of aromatic amines is 1. The zero-order chi connectivity index (χ0) is 19.3. The fourth-order valence-electron chi connectivity index (χ4n) is 4.96. The van der Waals surface area contributed by atoms with E-state index in [4.69, 9.17) is 0 Å². The Hall–Kier alpha value is -2.86. The summed E-state index contributed by atoms with van der Waals surface area (Å²) in [5.74, 6) is 2.08. The number of phenols is 1. The molecule has 6 nitrogen and oxygen atoms in total. The van der Waals surface area contributed by atoms with Crippen LogP contribution in [0.3, 0.4) is 0 Å². The Morgan fingerprint density at radius 2 is 1.89 bits per heavy atom. The highest BCUT2D eigenvalue weighted by molar-refractivity contribution is 5.76. The van der Waals surface area contributed by atoms with Gasteiger partial charge >= 0.3 is 5.69 Å². The molecule has 2 aromatic carbocycles. The highest BCUT2D eigenvalue weighted by atomic mass is 16.3. The molecule has 2 fully saturated rings. The number of benzene rings is 2. The predicted molar refractivity (Wildman–Crippen MR) is 108 cm³/mol. The van der Waals surface area contributed by atoms with Crippen molar-refractivity contribution in [2.75, 3.05) is 19.6 Å². The van der Waals surface area contributed by atoms with E-state index in [1.165, 1.54) is 10.1 Å². The first-order valence-corrected chi connectivity index (χ1v) is 9.83. The summed E-state index contributed by atoms with van der Waals surface area (Å²) in [6.07, 6.45) is 1.14. The molecule has 0 amide bonds. The van der Waals surface area contributed by atoms with Crippen molar-refractivity contribution < 1.29 is 5.11 Å². The van der Waals surface area contributed by atoms with E-state index in [0.29, 0.717) is 47.5 Å². The third kappa shape index (κ3) is 2.85. The molecule has 0 spiro atoms. The van der Waals surface area contributed by atoms with E-state index in [-0.39, 0.29) is 11.2 Å². The first-order chi connectivity index (χ1) is 13.6. The van der Waals surface area contributed by atoms with E-state index < -0.39 is 0 Å².